The second-order valence-electron chi connectivity index (χ2n) is 6.57. The number of hydrogen-bond donors (Lipinski definition) is 1. The van der Waals surface area contributed by atoms with Crippen LogP contribution >= 0.6 is 38.9 Å². The first-order chi connectivity index (χ1) is 13.6. The van der Waals surface area contributed by atoms with Crippen molar-refractivity contribution in [1.82, 2.24) is 25.3 Å². The minimum atomic E-state index is -0.122. The SMILES string of the molecule is O=C1c2ccccc2C(Cc2nc(Br)sc2Cl)N1Cc1ccc2n[nH]nc2c1. The molecule has 6 nitrogen and oxygen atoms in total. The molecule has 4 aromatic rings. The number of nitrogens with zero attached hydrogens (tertiary/aromatic N) is 4. The lowest BCUT2D eigenvalue weighted by molar-refractivity contribution is 0.0708. The summed E-state index contributed by atoms with van der Waals surface area (Å²) >= 11 is 11.1. The second-order valence-corrected chi connectivity index (χ2v) is 9.45. The molecular weight excluding hydrogens is 462 g/mol. The first-order valence-corrected chi connectivity index (χ1v) is 10.6. The van der Waals surface area contributed by atoms with E-state index in [1.807, 2.05) is 47.4 Å². The quantitative estimate of drug-likeness (QED) is 0.462. The van der Waals surface area contributed by atoms with E-state index in [0.717, 1.165) is 37.3 Å². The molecule has 0 bridgehead atoms. The molecule has 0 aliphatic carbocycles. The number of amides is 1. The van der Waals surface area contributed by atoms with Gasteiger partial charge in [0, 0.05) is 18.5 Å². The Hall–Kier alpha value is -2.29. The van der Waals surface area contributed by atoms with Gasteiger partial charge in [-0.05, 0) is 45.3 Å². The minimum absolute atomic E-state index is 0.0197. The molecule has 140 valence electrons. The largest absolute Gasteiger partial charge is 0.327 e. The maximum Gasteiger partial charge on any atom is 0.255 e. The van der Waals surface area contributed by atoms with Crippen LogP contribution in [0.3, 0.4) is 0 Å². The molecule has 1 amide bonds. The highest BCUT2D eigenvalue weighted by Crippen LogP contribution is 2.39. The third kappa shape index (κ3) is 3.01. The molecule has 3 heterocycles. The fraction of sp³-hybridized carbons (Fsp3) is 0.158. The van der Waals surface area contributed by atoms with Gasteiger partial charge in [-0.1, -0.05) is 47.2 Å². The number of H-pyrrole nitrogens is 1. The van der Waals surface area contributed by atoms with Gasteiger partial charge in [-0.15, -0.1) is 0 Å². The molecule has 1 aliphatic heterocycles. The molecule has 0 saturated heterocycles. The standard InChI is InChI=1S/C19H13BrClN5OS/c20-19-22-15(17(21)28-19)8-16-11-3-1-2-4-12(11)18(27)26(16)9-10-5-6-13-14(7-10)24-25-23-13/h1-7,16H,8-9H2,(H,23,24,25). The number of aromatic nitrogens is 4. The number of rotatable bonds is 4. The molecule has 0 saturated carbocycles. The maximum atomic E-state index is 13.1. The Morgan fingerprint density at radius 2 is 2.00 bits per heavy atom. The lowest BCUT2D eigenvalue weighted by Gasteiger charge is -2.25. The summed E-state index contributed by atoms with van der Waals surface area (Å²) in [5, 5.41) is 10.8. The molecule has 0 radical (unpaired) electrons. The van der Waals surface area contributed by atoms with Crippen LogP contribution in [-0.2, 0) is 13.0 Å². The lowest BCUT2D eigenvalue weighted by atomic mass is 10.0. The molecule has 0 spiro atoms. The zero-order valence-corrected chi connectivity index (χ0v) is 17.6. The molecule has 1 atom stereocenters. The van der Waals surface area contributed by atoms with Gasteiger partial charge in [-0.3, -0.25) is 4.79 Å². The first kappa shape index (κ1) is 17.8. The fourth-order valence-electron chi connectivity index (χ4n) is 3.64. The predicted molar refractivity (Wildman–Crippen MR) is 111 cm³/mol. The number of thiazole rings is 1. The van der Waals surface area contributed by atoms with Gasteiger partial charge in [-0.25, -0.2) is 4.98 Å². The van der Waals surface area contributed by atoms with Gasteiger partial charge < -0.3 is 4.90 Å². The summed E-state index contributed by atoms with van der Waals surface area (Å²) < 4.78 is 1.39. The van der Waals surface area contributed by atoms with E-state index >= 15 is 0 Å². The highest BCUT2D eigenvalue weighted by atomic mass is 79.9. The van der Waals surface area contributed by atoms with Crippen LogP contribution < -0.4 is 0 Å². The number of halogens is 2. The molecule has 2 aromatic carbocycles. The third-order valence-corrected chi connectivity index (χ3v) is 6.72. The Bertz CT molecular complexity index is 1210. The van der Waals surface area contributed by atoms with Crippen molar-refractivity contribution in [2.75, 3.05) is 0 Å². The molecular formula is C19H13BrClN5OS. The number of hydrogen-bond acceptors (Lipinski definition) is 5. The minimum Gasteiger partial charge on any atom is -0.327 e. The van der Waals surface area contributed by atoms with Gasteiger partial charge in [-0.2, -0.15) is 15.4 Å². The van der Waals surface area contributed by atoms with Crippen LogP contribution in [0.4, 0.5) is 0 Å². The first-order valence-electron chi connectivity index (χ1n) is 8.60. The summed E-state index contributed by atoms with van der Waals surface area (Å²) in [7, 11) is 0. The van der Waals surface area contributed by atoms with Crippen molar-refractivity contribution in [2.45, 2.75) is 19.0 Å². The summed E-state index contributed by atoms with van der Waals surface area (Å²) in [5.74, 6) is 0.0197. The van der Waals surface area contributed by atoms with E-state index in [1.54, 1.807) is 0 Å². The van der Waals surface area contributed by atoms with E-state index in [9.17, 15) is 4.79 Å². The Labute approximate surface area is 177 Å². The molecule has 5 rings (SSSR count). The van der Waals surface area contributed by atoms with E-state index in [2.05, 4.69) is 36.3 Å². The summed E-state index contributed by atoms with van der Waals surface area (Å²) in [6.07, 6.45) is 0.565. The summed E-state index contributed by atoms with van der Waals surface area (Å²) in [6, 6.07) is 13.5. The molecule has 0 fully saturated rings. The molecule has 1 N–H and O–H groups in total. The van der Waals surface area contributed by atoms with E-state index in [4.69, 9.17) is 11.6 Å². The number of benzene rings is 2. The van der Waals surface area contributed by atoms with Crippen LogP contribution in [0.15, 0.2) is 46.4 Å². The van der Waals surface area contributed by atoms with Crippen molar-refractivity contribution in [3.63, 3.8) is 0 Å². The topological polar surface area (TPSA) is 74.8 Å². The Kier molecular flexibility index (Phi) is 4.41. The summed E-state index contributed by atoms with van der Waals surface area (Å²) in [5.41, 5.74) is 5.12. The van der Waals surface area contributed by atoms with Crippen molar-refractivity contribution in [2.24, 2.45) is 0 Å². The maximum absolute atomic E-state index is 13.1. The van der Waals surface area contributed by atoms with E-state index < -0.39 is 0 Å². The summed E-state index contributed by atoms with van der Waals surface area (Å²) in [6.45, 7) is 0.476. The molecule has 1 aliphatic rings. The van der Waals surface area contributed by atoms with Crippen LogP contribution in [-0.4, -0.2) is 31.2 Å². The second kappa shape index (κ2) is 6.95. The van der Waals surface area contributed by atoms with Gasteiger partial charge in [0.1, 0.15) is 15.4 Å². The predicted octanol–water partition coefficient (Wildman–Crippen LogP) is 4.77. The van der Waals surface area contributed by atoms with Crippen molar-refractivity contribution >= 4 is 55.8 Å². The Morgan fingerprint density at radius 1 is 1.18 bits per heavy atom. The normalized spacial score (nSPS) is 16.1. The van der Waals surface area contributed by atoms with Gasteiger partial charge in [0.2, 0.25) is 0 Å². The van der Waals surface area contributed by atoms with Crippen LogP contribution in [0.25, 0.3) is 11.0 Å². The van der Waals surface area contributed by atoms with E-state index in [-0.39, 0.29) is 11.9 Å². The number of aromatic amines is 1. The third-order valence-electron chi connectivity index (χ3n) is 4.93. The average Bonchev–Trinajstić information content (AvgIpc) is 3.35. The smallest absolute Gasteiger partial charge is 0.255 e. The number of carbonyl (C=O) groups excluding carboxylic acids is 1. The highest BCUT2D eigenvalue weighted by molar-refractivity contribution is 9.11. The number of carbonyl (C=O) groups is 1. The number of nitrogens with one attached hydrogen (secondary N) is 1. The highest BCUT2D eigenvalue weighted by Gasteiger charge is 2.37. The van der Waals surface area contributed by atoms with Crippen LogP contribution in [0.5, 0.6) is 0 Å². The van der Waals surface area contributed by atoms with E-state index in [1.165, 1.54) is 11.3 Å². The van der Waals surface area contributed by atoms with Gasteiger partial charge in [0.25, 0.3) is 5.91 Å². The van der Waals surface area contributed by atoms with Crippen LogP contribution in [0.2, 0.25) is 4.34 Å². The fourth-order valence-corrected chi connectivity index (χ4v) is 5.51. The lowest BCUT2D eigenvalue weighted by Crippen LogP contribution is -2.29. The van der Waals surface area contributed by atoms with Crippen molar-refractivity contribution in [3.05, 3.63) is 73.1 Å². The zero-order chi connectivity index (χ0) is 19.3. The van der Waals surface area contributed by atoms with Gasteiger partial charge >= 0.3 is 0 Å². The zero-order valence-electron chi connectivity index (χ0n) is 14.4. The molecule has 2 aromatic heterocycles. The summed E-state index contributed by atoms with van der Waals surface area (Å²) in [4.78, 5) is 19.5. The van der Waals surface area contributed by atoms with Gasteiger partial charge in [0.05, 0.1) is 11.7 Å². The monoisotopic (exact) mass is 473 g/mol. The van der Waals surface area contributed by atoms with Crippen LogP contribution in [0.1, 0.15) is 33.2 Å². The Morgan fingerprint density at radius 3 is 2.82 bits per heavy atom. The average molecular weight is 475 g/mol. The van der Waals surface area contributed by atoms with Gasteiger partial charge in [0.15, 0.2) is 3.92 Å². The molecule has 9 heteroatoms. The Balaban J connectivity index is 1.52. The number of fused-ring (bicyclic) bond motifs is 2. The van der Waals surface area contributed by atoms with Crippen molar-refractivity contribution in [1.29, 1.82) is 0 Å². The van der Waals surface area contributed by atoms with E-state index in [0.29, 0.717) is 17.3 Å². The molecule has 28 heavy (non-hydrogen) atoms. The van der Waals surface area contributed by atoms with Crippen molar-refractivity contribution < 1.29 is 4.79 Å². The van der Waals surface area contributed by atoms with Crippen molar-refractivity contribution in [3.8, 4) is 0 Å². The van der Waals surface area contributed by atoms with Crippen LogP contribution in [0, 0.1) is 0 Å². The molecule has 1 unspecified atom stereocenters.